The van der Waals surface area contributed by atoms with Crippen LogP contribution in [0, 0.1) is 23.7 Å². The van der Waals surface area contributed by atoms with Crippen LogP contribution in [0.1, 0.15) is 59.3 Å². The fourth-order valence-corrected chi connectivity index (χ4v) is 4.73. The van der Waals surface area contributed by atoms with E-state index in [1.807, 2.05) is 0 Å². The molecule has 30 heavy (non-hydrogen) atoms. The van der Waals surface area contributed by atoms with Crippen LogP contribution >= 0.6 is 0 Å². The Labute approximate surface area is 180 Å². The summed E-state index contributed by atoms with van der Waals surface area (Å²) in [6.45, 7) is 6.41. The lowest BCUT2D eigenvalue weighted by molar-refractivity contribution is -0.136. The van der Waals surface area contributed by atoms with Gasteiger partial charge >= 0.3 is 0 Å². The summed E-state index contributed by atoms with van der Waals surface area (Å²) >= 11 is 0. The number of rotatable bonds is 9. The number of amides is 2. The first-order chi connectivity index (χ1) is 14.2. The molecule has 0 aromatic heterocycles. The lowest BCUT2D eigenvalue weighted by Gasteiger charge is -2.37. The number of piperidine rings is 1. The number of hydrogen-bond donors (Lipinski definition) is 5. The van der Waals surface area contributed by atoms with Crippen LogP contribution < -0.4 is 21.7 Å². The lowest BCUT2D eigenvalue weighted by atomic mass is 9.74. The summed E-state index contributed by atoms with van der Waals surface area (Å²) in [5.41, 5.74) is 5.65. The number of ketones is 1. The van der Waals surface area contributed by atoms with E-state index in [-0.39, 0.29) is 30.1 Å². The zero-order valence-corrected chi connectivity index (χ0v) is 18.7. The van der Waals surface area contributed by atoms with Crippen LogP contribution in [-0.2, 0) is 14.4 Å². The van der Waals surface area contributed by atoms with Crippen molar-refractivity contribution in [2.75, 3.05) is 19.6 Å². The van der Waals surface area contributed by atoms with E-state index in [1.54, 1.807) is 13.8 Å². The van der Waals surface area contributed by atoms with Crippen molar-refractivity contribution in [3.05, 3.63) is 0 Å². The molecule has 1 aliphatic carbocycles. The summed E-state index contributed by atoms with van der Waals surface area (Å²) in [5.74, 6) is -0.373. The summed E-state index contributed by atoms with van der Waals surface area (Å²) in [6, 6.07) is -1.95. The second-order valence-corrected chi connectivity index (χ2v) is 9.33. The van der Waals surface area contributed by atoms with E-state index in [0.717, 1.165) is 13.0 Å². The standard InChI is InChI=1S/C22H40N4O4/c1-13(2)20(28)18(10-23)25-22(30)19(14(3)27)26-21(29)17-9-16(11-24-12-17)15-7-5-4-6-8-15/h13-19,24,27H,4-12,23H2,1-3H3,(H,25,30)(H,26,29)/t14?,16?,17?,18-,19-/m0/s1. The molecule has 0 aromatic rings. The molecular weight excluding hydrogens is 384 g/mol. The SMILES string of the molecule is CC(C)C(=O)[C@H](CN)NC(=O)[C@@H](NC(=O)C1CNCC(C2CCCCC2)C1)C(C)O. The predicted molar refractivity (Wildman–Crippen MR) is 115 cm³/mol. The Balaban J connectivity index is 1.96. The molecule has 2 rings (SSSR count). The third-order valence-corrected chi connectivity index (χ3v) is 6.60. The van der Waals surface area contributed by atoms with Crippen LogP contribution in [0.2, 0.25) is 0 Å². The average Bonchev–Trinajstić information content (AvgIpc) is 2.75. The molecule has 1 saturated carbocycles. The molecule has 2 fully saturated rings. The molecule has 1 heterocycles. The lowest BCUT2D eigenvalue weighted by Crippen LogP contribution is -2.59. The second kappa shape index (κ2) is 11.8. The third-order valence-electron chi connectivity index (χ3n) is 6.60. The van der Waals surface area contributed by atoms with Gasteiger partial charge in [0.05, 0.1) is 18.1 Å². The van der Waals surface area contributed by atoms with Gasteiger partial charge in [0.1, 0.15) is 6.04 Å². The molecule has 0 bridgehead atoms. The van der Waals surface area contributed by atoms with Crippen LogP contribution in [-0.4, -0.2) is 60.5 Å². The van der Waals surface area contributed by atoms with Gasteiger partial charge in [0.2, 0.25) is 11.8 Å². The summed E-state index contributed by atoms with van der Waals surface area (Å²) in [7, 11) is 0. The Morgan fingerprint density at radius 1 is 1.03 bits per heavy atom. The predicted octanol–water partition coefficient (Wildman–Crippen LogP) is 0.327. The zero-order chi connectivity index (χ0) is 22.3. The molecule has 5 atom stereocenters. The van der Waals surface area contributed by atoms with Crippen LogP contribution in [0.4, 0.5) is 0 Å². The Bertz CT molecular complexity index is 590. The van der Waals surface area contributed by atoms with Gasteiger partial charge in [-0.15, -0.1) is 0 Å². The number of carbonyl (C=O) groups excluding carboxylic acids is 3. The highest BCUT2D eigenvalue weighted by Gasteiger charge is 2.35. The van der Waals surface area contributed by atoms with Crippen LogP contribution in [0.15, 0.2) is 0 Å². The van der Waals surface area contributed by atoms with Gasteiger partial charge in [-0.05, 0) is 31.7 Å². The molecule has 8 heteroatoms. The van der Waals surface area contributed by atoms with Crippen LogP contribution in [0.3, 0.4) is 0 Å². The fourth-order valence-electron chi connectivity index (χ4n) is 4.73. The highest BCUT2D eigenvalue weighted by atomic mass is 16.3. The van der Waals surface area contributed by atoms with Gasteiger partial charge in [0, 0.05) is 19.0 Å². The Morgan fingerprint density at radius 3 is 2.27 bits per heavy atom. The molecule has 6 N–H and O–H groups in total. The van der Waals surface area contributed by atoms with Crippen molar-refractivity contribution in [3.63, 3.8) is 0 Å². The molecule has 1 saturated heterocycles. The van der Waals surface area contributed by atoms with Gasteiger partial charge in [-0.3, -0.25) is 14.4 Å². The molecule has 0 radical (unpaired) electrons. The number of hydrogen-bond acceptors (Lipinski definition) is 6. The maximum atomic E-state index is 12.9. The zero-order valence-electron chi connectivity index (χ0n) is 18.7. The molecule has 8 nitrogen and oxygen atoms in total. The number of aliphatic hydroxyl groups is 1. The van der Waals surface area contributed by atoms with E-state index in [9.17, 15) is 19.5 Å². The first-order valence-electron chi connectivity index (χ1n) is 11.5. The maximum absolute atomic E-state index is 12.9. The normalized spacial score (nSPS) is 25.9. The largest absolute Gasteiger partial charge is 0.391 e. The van der Waals surface area contributed by atoms with Gasteiger partial charge < -0.3 is 26.8 Å². The smallest absolute Gasteiger partial charge is 0.245 e. The Hall–Kier alpha value is -1.51. The monoisotopic (exact) mass is 424 g/mol. The van der Waals surface area contributed by atoms with Crippen molar-refractivity contribution in [2.24, 2.45) is 29.4 Å². The van der Waals surface area contributed by atoms with Crippen molar-refractivity contribution >= 4 is 17.6 Å². The molecule has 172 valence electrons. The van der Waals surface area contributed by atoms with Gasteiger partial charge in [-0.25, -0.2) is 0 Å². The number of nitrogens with one attached hydrogen (secondary N) is 3. The van der Waals surface area contributed by atoms with Crippen molar-refractivity contribution in [2.45, 2.75) is 77.5 Å². The first-order valence-corrected chi connectivity index (χ1v) is 11.5. The van der Waals surface area contributed by atoms with Crippen LogP contribution in [0.5, 0.6) is 0 Å². The van der Waals surface area contributed by atoms with E-state index >= 15 is 0 Å². The highest BCUT2D eigenvalue weighted by Crippen LogP contribution is 2.34. The highest BCUT2D eigenvalue weighted by molar-refractivity contribution is 5.94. The average molecular weight is 425 g/mol. The second-order valence-electron chi connectivity index (χ2n) is 9.33. The van der Waals surface area contributed by atoms with E-state index in [1.165, 1.54) is 39.0 Å². The number of Topliss-reactive ketones (excluding diaryl/α,β-unsaturated/α-hetero) is 1. The van der Waals surface area contributed by atoms with Crippen molar-refractivity contribution in [1.82, 2.24) is 16.0 Å². The summed E-state index contributed by atoms with van der Waals surface area (Å²) in [6.07, 6.45) is 5.99. The third kappa shape index (κ3) is 6.75. The van der Waals surface area contributed by atoms with Crippen molar-refractivity contribution in [3.8, 4) is 0 Å². The number of nitrogens with two attached hydrogens (primary N) is 1. The topological polar surface area (TPSA) is 134 Å². The first kappa shape index (κ1) is 24.8. The Morgan fingerprint density at radius 2 is 1.70 bits per heavy atom. The van der Waals surface area contributed by atoms with E-state index in [2.05, 4.69) is 16.0 Å². The quantitative estimate of drug-likeness (QED) is 0.362. The Kier molecular flexibility index (Phi) is 9.71. The van der Waals surface area contributed by atoms with Gasteiger partial charge in [0.15, 0.2) is 5.78 Å². The number of aliphatic hydroxyl groups excluding tert-OH is 1. The molecule has 3 unspecified atom stereocenters. The van der Waals surface area contributed by atoms with Crippen molar-refractivity contribution in [1.29, 1.82) is 0 Å². The minimum Gasteiger partial charge on any atom is -0.391 e. The summed E-state index contributed by atoms with van der Waals surface area (Å²) < 4.78 is 0. The maximum Gasteiger partial charge on any atom is 0.245 e. The van der Waals surface area contributed by atoms with Gasteiger partial charge in [0.25, 0.3) is 0 Å². The molecule has 0 aromatic carbocycles. The minimum atomic E-state index is -1.12. The van der Waals surface area contributed by atoms with Crippen LogP contribution in [0.25, 0.3) is 0 Å². The van der Waals surface area contributed by atoms with E-state index < -0.39 is 24.1 Å². The molecule has 1 aliphatic heterocycles. The summed E-state index contributed by atoms with van der Waals surface area (Å²) in [4.78, 5) is 37.8. The minimum absolute atomic E-state index is 0.0289. The van der Waals surface area contributed by atoms with E-state index in [0.29, 0.717) is 18.4 Å². The van der Waals surface area contributed by atoms with E-state index in [4.69, 9.17) is 5.73 Å². The fraction of sp³-hybridized carbons (Fsp3) is 0.864. The summed E-state index contributed by atoms with van der Waals surface area (Å²) in [5, 5.41) is 18.8. The molecular formula is C22H40N4O4. The van der Waals surface area contributed by atoms with Gasteiger partial charge in [-0.1, -0.05) is 46.0 Å². The number of carbonyl (C=O) groups is 3. The van der Waals surface area contributed by atoms with Crippen molar-refractivity contribution < 1.29 is 19.5 Å². The molecule has 2 aliphatic rings. The molecule has 0 spiro atoms. The molecule has 2 amide bonds. The van der Waals surface area contributed by atoms with Gasteiger partial charge in [-0.2, -0.15) is 0 Å².